The van der Waals surface area contributed by atoms with E-state index >= 15 is 0 Å². The van der Waals surface area contributed by atoms with Crippen molar-refractivity contribution in [1.82, 2.24) is 15.5 Å². The molecule has 2 aliphatic rings. The van der Waals surface area contributed by atoms with Gasteiger partial charge in [-0.2, -0.15) is 0 Å². The van der Waals surface area contributed by atoms with Gasteiger partial charge in [-0.1, -0.05) is 6.07 Å². The number of methoxy groups -OCH3 is 1. The lowest BCUT2D eigenvalue weighted by Crippen LogP contribution is -2.45. The van der Waals surface area contributed by atoms with Crippen LogP contribution in [0.25, 0.3) is 0 Å². The van der Waals surface area contributed by atoms with Gasteiger partial charge < -0.3 is 19.5 Å². The van der Waals surface area contributed by atoms with E-state index in [4.69, 9.17) is 14.2 Å². The van der Waals surface area contributed by atoms with E-state index in [9.17, 15) is 9.59 Å². The van der Waals surface area contributed by atoms with Crippen LogP contribution in [0.5, 0.6) is 11.5 Å². The molecule has 1 fully saturated rings. The SMILES string of the molecule is COCCNC(=O)NC(=O)CN1CCC[C@@H]1c1ccc2c(c1)OCCO2. The third-order valence-corrected chi connectivity index (χ3v) is 4.51. The van der Waals surface area contributed by atoms with Gasteiger partial charge in [0.15, 0.2) is 11.5 Å². The van der Waals surface area contributed by atoms with Gasteiger partial charge in [0.25, 0.3) is 0 Å². The number of carbonyl (C=O) groups excluding carboxylic acids is 2. The van der Waals surface area contributed by atoms with Crippen LogP contribution in [0.4, 0.5) is 4.79 Å². The van der Waals surface area contributed by atoms with Crippen LogP contribution in [0.15, 0.2) is 18.2 Å². The van der Waals surface area contributed by atoms with Crippen molar-refractivity contribution in [1.29, 1.82) is 0 Å². The second-order valence-electron chi connectivity index (χ2n) is 6.33. The Bertz CT molecular complexity index is 652. The Morgan fingerprint density at radius 3 is 2.88 bits per heavy atom. The fourth-order valence-corrected chi connectivity index (χ4v) is 3.32. The summed E-state index contributed by atoms with van der Waals surface area (Å²) in [7, 11) is 1.55. The molecular formula is C18H25N3O5. The maximum Gasteiger partial charge on any atom is 0.321 e. The summed E-state index contributed by atoms with van der Waals surface area (Å²) in [5, 5.41) is 4.93. The maximum atomic E-state index is 12.2. The summed E-state index contributed by atoms with van der Waals surface area (Å²) in [5.41, 5.74) is 1.10. The van der Waals surface area contributed by atoms with E-state index in [1.54, 1.807) is 7.11 Å². The van der Waals surface area contributed by atoms with Crippen molar-refractivity contribution < 1.29 is 23.8 Å². The molecule has 26 heavy (non-hydrogen) atoms. The van der Waals surface area contributed by atoms with E-state index in [1.165, 1.54) is 0 Å². The Hall–Kier alpha value is -2.32. The van der Waals surface area contributed by atoms with Gasteiger partial charge in [-0.3, -0.25) is 15.0 Å². The Morgan fingerprint density at radius 2 is 2.08 bits per heavy atom. The van der Waals surface area contributed by atoms with E-state index in [0.717, 1.165) is 36.4 Å². The number of amides is 3. The summed E-state index contributed by atoms with van der Waals surface area (Å²) in [5.74, 6) is 1.20. The van der Waals surface area contributed by atoms with Crippen LogP contribution in [0, 0.1) is 0 Å². The number of hydrogen-bond donors (Lipinski definition) is 2. The third kappa shape index (κ3) is 4.64. The van der Waals surface area contributed by atoms with E-state index in [2.05, 4.69) is 15.5 Å². The smallest absolute Gasteiger partial charge is 0.321 e. The van der Waals surface area contributed by atoms with Crippen LogP contribution < -0.4 is 20.1 Å². The summed E-state index contributed by atoms with van der Waals surface area (Å²) in [6, 6.07) is 5.57. The minimum absolute atomic E-state index is 0.133. The zero-order valence-corrected chi connectivity index (χ0v) is 15.0. The first-order valence-electron chi connectivity index (χ1n) is 8.87. The molecule has 0 radical (unpaired) electrons. The number of urea groups is 1. The van der Waals surface area contributed by atoms with Crippen molar-refractivity contribution in [3.63, 3.8) is 0 Å². The molecule has 0 aromatic heterocycles. The molecule has 1 aromatic carbocycles. The van der Waals surface area contributed by atoms with Crippen LogP contribution in [0.2, 0.25) is 0 Å². The number of benzene rings is 1. The Morgan fingerprint density at radius 1 is 1.27 bits per heavy atom. The fourth-order valence-electron chi connectivity index (χ4n) is 3.32. The van der Waals surface area contributed by atoms with Gasteiger partial charge in [-0.05, 0) is 37.1 Å². The summed E-state index contributed by atoms with van der Waals surface area (Å²) in [4.78, 5) is 25.9. The van der Waals surface area contributed by atoms with Gasteiger partial charge >= 0.3 is 6.03 Å². The summed E-state index contributed by atoms with van der Waals surface area (Å²) in [6.07, 6.45) is 1.97. The molecule has 0 unspecified atom stereocenters. The molecule has 1 aromatic rings. The van der Waals surface area contributed by atoms with Gasteiger partial charge in [-0.15, -0.1) is 0 Å². The van der Waals surface area contributed by atoms with Crippen LogP contribution in [-0.4, -0.2) is 63.4 Å². The number of likely N-dealkylation sites (tertiary alicyclic amines) is 1. The van der Waals surface area contributed by atoms with Crippen molar-refractivity contribution in [3.05, 3.63) is 23.8 Å². The summed E-state index contributed by atoms with van der Waals surface area (Å²) < 4.78 is 16.1. The molecule has 2 heterocycles. The fraction of sp³-hybridized carbons (Fsp3) is 0.556. The first kappa shape index (κ1) is 18.5. The number of imide groups is 1. The molecule has 1 atom stereocenters. The van der Waals surface area contributed by atoms with Crippen LogP contribution in [-0.2, 0) is 9.53 Å². The van der Waals surface area contributed by atoms with Gasteiger partial charge in [-0.25, -0.2) is 4.79 Å². The van der Waals surface area contributed by atoms with Crippen LogP contribution in [0.3, 0.4) is 0 Å². The van der Waals surface area contributed by atoms with Crippen molar-refractivity contribution >= 4 is 11.9 Å². The van der Waals surface area contributed by atoms with Crippen molar-refractivity contribution in [2.45, 2.75) is 18.9 Å². The predicted molar refractivity (Wildman–Crippen MR) is 94.4 cm³/mol. The molecule has 1 saturated heterocycles. The Labute approximate surface area is 152 Å². The third-order valence-electron chi connectivity index (χ3n) is 4.51. The number of fused-ring (bicyclic) bond motifs is 1. The number of carbonyl (C=O) groups is 2. The van der Waals surface area contributed by atoms with Gasteiger partial charge in [0.2, 0.25) is 5.91 Å². The van der Waals surface area contributed by atoms with Crippen molar-refractivity contribution in [2.24, 2.45) is 0 Å². The van der Waals surface area contributed by atoms with E-state index < -0.39 is 6.03 Å². The standard InChI is InChI=1S/C18H25N3O5/c1-24-8-6-19-18(23)20-17(22)12-21-7-2-3-14(21)13-4-5-15-16(11-13)26-10-9-25-15/h4-5,11,14H,2-3,6-10,12H2,1H3,(H2,19,20,22,23)/t14-/m1/s1. The number of rotatable bonds is 6. The zero-order valence-electron chi connectivity index (χ0n) is 15.0. The first-order chi connectivity index (χ1) is 12.7. The average Bonchev–Trinajstić information content (AvgIpc) is 3.09. The van der Waals surface area contributed by atoms with Gasteiger partial charge in [0, 0.05) is 19.7 Å². The van der Waals surface area contributed by atoms with Gasteiger partial charge in [0.05, 0.1) is 13.2 Å². The minimum atomic E-state index is -0.498. The van der Waals surface area contributed by atoms with Gasteiger partial charge in [0.1, 0.15) is 13.2 Å². The Kier molecular flexibility index (Phi) is 6.30. The monoisotopic (exact) mass is 363 g/mol. The number of nitrogens with one attached hydrogen (secondary N) is 2. The maximum absolute atomic E-state index is 12.2. The van der Waals surface area contributed by atoms with E-state index in [-0.39, 0.29) is 18.5 Å². The molecule has 2 N–H and O–H groups in total. The molecule has 3 rings (SSSR count). The van der Waals surface area contributed by atoms with Crippen molar-refractivity contribution in [3.8, 4) is 11.5 Å². The predicted octanol–water partition coefficient (Wildman–Crippen LogP) is 1.07. The highest BCUT2D eigenvalue weighted by molar-refractivity contribution is 5.95. The lowest BCUT2D eigenvalue weighted by atomic mass is 10.0. The van der Waals surface area contributed by atoms with Crippen LogP contribution in [0.1, 0.15) is 24.4 Å². The lowest BCUT2D eigenvalue weighted by molar-refractivity contribution is -0.121. The highest BCUT2D eigenvalue weighted by Crippen LogP contribution is 2.37. The molecule has 0 aliphatic carbocycles. The zero-order chi connectivity index (χ0) is 18.4. The molecule has 2 aliphatic heterocycles. The molecule has 142 valence electrons. The largest absolute Gasteiger partial charge is 0.486 e. The quantitative estimate of drug-likeness (QED) is 0.735. The van der Waals surface area contributed by atoms with Crippen LogP contribution >= 0.6 is 0 Å². The topological polar surface area (TPSA) is 89.1 Å². The van der Waals surface area contributed by atoms with Crippen molar-refractivity contribution in [2.75, 3.05) is 46.6 Å². The minimum Gasteiger partial charge on any atom is -0.486 e. The summed E-state index contributed by atoms with van der Waals surface area (Å²) >= 11 is 0. The van der Waals surface area contributed by atoms with E-state index in [1.807, 2.05) is 18.2 Å². The van der Waals surface area contributed by atoms with E-state index in [0.29, 0.717) is 26.4 Å². The summed E-state index contributed by atoms with van der Waals surface area (Å²) in [6.45, 7) is 2.87. The molecule has 8 nitrogen and oxygen atoms in total. The number of hydrogen-bond acceptors (Lipinski definition) is 6. The highest BCUT2D eigenvalue weighted by atomic mass is 16.6. The highest BCUT2D eigenvalue weighted by Gasteiger charge is 2.29. The molecule has 0 spiro atoms. The average molecular weight is 363 g/mol. The Balaban J connectivity index is 1.56. The molecule has 0 bridgehead atoms. The molecule has 8 heteroatoms. The lowest BCUT2D eigenvalue weighted by Gasteiger charge is -2.26. The number of ether oxygens (including phenoxy) is 3. The molecular weight excluding hydrogens is 338 g/mol. The second kappa shape index (κ2) is 8.86. The second-order valence-corrected chi connectivity index (χ2v) is 6.33. The molecule has 3 amide bonds. The number of nitrogens with zero attached hydrogens (tertiary/aromatic N) is 1. The first-order valence-corrected chi connectivity index (χ1v) is 8.87. The molecule has 0 saturated carbocycles. The normalized spacial score (nSPS) is 19.2.